The Balaban J connectivity index is 2.36. The van der Waals surface area contributed by atoms with Gasteiger partial charge in [0.05, 0.1) is 5.60 Å². The first-order valence-corrected chi connectivity index (χ1v) is 9.68. The van der Waals surface area contributed by atoms with Crippen molar-refractivity contribution >= 4 is 23.1 Å². The molecular formula is C21H21O2P. The summed E-state index contributed by atoms with van der Waals surface area (Å²) in [6, 6.07) is 26.5. The zero-order chi connectivity index (χ0) is 17.2. The number of aliphatic hydroxyl groups is 1. The van der Waals surface area contributed by atoms with Crippen LogP contribution in [0.25, 0.3) is 0 Å². The lowest BCUT2D eigenvalue weighted by Gasteiger charge is -2.27. The third-order valence-electron chi connectivity index (χ3n) is 4.14. The smallest absolute Gasteiger partial charge is 0.171 e. The predicted octanol–water partition coefficient (Wildman–Crippen LogP) is 3.55. The Morgan fingerprint density at radius 2 is 1.12 bits per heavy atom. The predicted molar refractivity (Wildman–Crippen MR) is 101 cm³/mol. The minimum atomic E-state index is -3.07. The number of rotatable bonds is 4. The van der Waals surface area contributed by atoms with Gasteiger partial charge in [0.15, 0.2) is 7.14 Å². The first-order valence-electron chi connectivity index (χ1n) is 7.98. The highest BCUT2D eigenvalue weighted by Crippen LogP contribution is 2.44. The van der Waals surface area contributed by atoms with Crippen LogP contribution in [0.4, 0.5) is 0 Å². The second-order valence-corrected chi connectivity index (χ2v) is 9.09. The molecule has 0 aliphatic carbocycles. The minimum Gasteiger partial charge on any atom is -0.386 e. The quantitative estimate of drug-likeness (QED) is 0.740. The lowest BCUT2D eigenvalue weighted by molar-refractivity contribution is 0.0796. The third kappa shape index (κ3) is 2.96. The topological polar surface area (TPSA) is 37.3 Å². The van der Waals surface area contributed by atoms with Crippen molar-refractivity contribution in [2.24, 2.45) is 0 Å². The first-order chi connectivity index (χ1) is 11.4. The summed E-state index contributed by atoms with van der Waals surface area (Å²) in [4.78, 5) is 0. The van der Waals surface area contributed by atoms with Crippen LogP contribution >= 0.6 is 7.14 Å². The van der Waals surface area contributed by atoms with Crippen LogP contribution in [0.3, 0.4) is 0 Å². The van der Waals surface area contributed by atoms with Crippen LogP contribution in [0.2, 0.25) is 0 Å². The molecule has 1 N–H and O–H groups in total. The summed E-state index contributed by atoms with van der Waals surface area (Å²) in [5.74, 6) is 0. The van der Waals surface area contributed by atoms with Gasteiger partial charge in [0, 0.05) is 15.9 Å². The number of benzene rings is 3. The second kappa shape index (κ2) is 6.39. The SMILES string of the molecule is CC(C)(O)c1ccccc1P(=O)(c1ccccc1)c1ccccc1. The van der Waals surface area contributed by atoms with Gasteiger partial charge in [-0.15, -0.1) is 0 Å². The molecule has 0 bridgehead atoms. The van der Waals surface area contributed by atoms with E-state index in [1.807, 2.05) is 84.9 Å². The van der Waals surface area contributed by atoms with E-state index in [0.29, 0.717) is 10.9 Å². The highest BCUT2D eigenvalue weighted by Gasteiger charge is 2.34. The maximum Gasteiger partial charge on any atom is 0.171 e. The molecule has 0 saturated carbocycles. The average Bonchev–Trinajstić information content (AvgIpc) is 2.62. The van der Waals surface area contributed by atoms with Crippen LogP contribution in [0.1, 0.15) is 19.4 Å². The molecule has 122 valence electrons. The van der Waals surface area contributed by atoms with E-state index in [2.05, 4.69) is 0 Å². The standard InChI is InChI=1S/C21H21O2P/c1-21(2,22)19-15-9-10-16-20(19)24(23,17-11-5-3-6-12-17)18-13-7-4-8-14-18/h3-16,22H,1-2H3. The van der Waals surface area contributed by atoms with Crippen LogP contribution < -0.4 is 15.9 Å². The molecule has 0 spiro atoms. The number of hydrogen-bond acceptors (Lipinski definition) is 2. The summed E-state index contributed by atoms with van der Waals surface area (Å²) in [5.41, 5.74) is -0.378. The van der Waals surface area contributed by atoms with E-state index in [9.17, 15) is 9.67 Å². The number of hydrogen-bond donors (Lipinski definition) is 1. The van der Waals surface area contributed by atoms with E-state index < -0.39 is 12.7 Å². The molecular weight excluding hydrogens is 315 g/mol. The van der Waals surface area contributed by atoms with E-state index in [1.165, 1.54) is 0 Å². The van der Waals surface area contributed by atoms with Gasteiger partial charge < -0.3 is 9.67 Å². The fourth-order valence-corrected chi connectivity index (χ4v) is 5.99. The maximum atomic E-state index is 14.4. The molecule has 0 fully saturated rings. The van der Waals surface area contributed by atoms with Crippen LogP contribution in [0, 0.1) is 0 Å². The third-order valence-corrected chi connectivity index (χ3v) is 7.26. The highest BCUT2D eigenvalue weighted by molar-refractivity contribution is 7.85. The van der Waals surface area contributed by atoms with Crippen molar-refractivity contribution in [3.8, 4) is 0 Å². The molecule has 0 heterocycles. The normalized spacial score (nSPS) is 12.1. The zero-order valence-corrected chi connectivity index (χ0v) is 14.8. The molecule has 24 heavy (non-hydrogen) atoms. The molecule has 0 unspecified atom stereocenters. The first kappa shape index (κ1) is 16.7. The summed E-state index contributed by atoms with van der Waals surface area (Å²) >= 11 is 0. The Morgan fingerprint density at radius 3 is 1.58 bits per heavy atom. The molecule has 3 heteroatoms. The molecule has 0 aliphatic heterocycles. The fraction of sp³-hybridized carbons (Fsp3) is 0.143. The minimum absolute atomic E-state index is 0.690. The molecule has 0 saturated heterocycles. The van der Waals surface area contributed by atoms with Gasteiger partial charge in [-0.05, 0) is 19.4 Å². The Bertz CT molecular complexity index is 822. The molecule has 0 atom stereocenters. The van der Waals surface area contributed by atoms with E-state index in [4.69, 9.17) is 0 Å². The van der Waals surface area contributed by atoms with Crippen molar-refractivity contribution in [3.63, 3.8) is 0 Å². The fourth-order valence-electron chi connectivity index (χ4n) is 2.97. The van der Waals surface area contributed by atoms with E-state index in [0.717, 1.165) is 10.6 Å². The summed E-state index contributed by atoms with van der Waals surface area (Å²) in [5, 5.41) is 12.8. The molecule has 3 rings (SSSR count). The van der Waals surface area contributed by atoms with Crippen LogP contribution in [-0.2, 0) is 10.2 Å². The summed E-state index contributed by atoms with van der Waals surface area (Å²) in [6.45, 7) is 3.46. The Labute approximate surface area is 143 Å². The van der Waals surface area contributed by atoms with Gasteiger partial charge in [0.1, 0.15) is 0 Å². The average molecular weight is 336 g/mol. The van der Waals surface area contributed by atoms with Crippen molar-refractivity contribution in [3.05, 3.63) is 90.5 Å². The summed E-state index contributed by atoms with van der Waals surface area (Å²) in [7, 11) is -3.07. The summed E-state index contributed by atoms with van der Waals surface area (Å²) < 4.78 is 14.4. The van der Waals surface area contributed by atoms with Gasteiger partial charge in [0.2, 0.25) is 0 Å². The van der Waals surface area contributed by atoms with Crippen molar-refractivity contribution < 1.29 is 9.67 Å². The van der Waals surface area contributed by atoms with Crippen molar-refractivity contribution in [2.45, 2.75) is 19.4 Å². The van der Waals surface area contributed by atoms with Crippen molar-refractivity contribution in [1.29, 1.82) is 0 Å². The Morgan fingerprint density at radius 1 is 0.708 bits per heavy atom. The largest absolute Gasteiger partial charge is 0.386 e. The summed E-state index contributed by atoms with van der Waals surface area (Å²) in [6.07, 6.45) is 0. The van der Waals surface area contributed by atoms with Gasteiger partial charge in [-0.3, -0.25) is 0 Å². The van der Waals surface area contributed by atoms with Gasteiger partial charge in [-0.2, -0.15) is 0 Å². The Hall–Kier alpha value is -2.15. The molecule has 0 amide bonds. The van der Waals surface area contributed by atoms with Gasteiger partial charge >= 0.3 is 0 Å². The van der Waals surface area contributed by atoms with Crippen molar-refractivity contribution in [1.82, 2.24) is 0 Å². The molecule has 0 radical (unpaired) electrons. The van der Waals surface area contributed by atoms with E-state index in [-0.39, 0.29) is 0 Å². The molecule has 2 nitrogen and oxygen atoms in total. The molecule has 0 aromatic heterocycles. The monoisotopic (exact) mass is 336 g/mol. The van der Waals surface area contributed by atoms with Gasteiger partial charge in [0.25, 0.3) is 0 Å². The highest BCUT2D eigenvalue weighted by atomic mass is 31.2. The van der Waals surface area contributed by atoms with E-state index in [1.54, 1.807) is 13.8 Å². The van der Waals surface area contributed by atoms with Gasteiger partial charge in [-0.1, -0.05) is 84.9 Å². The Kier molecular flexibility index (Phi) is 4.45. The van der Waals surface area contributed by atoms with Crippen molar-refractivity contribution in [2.75, 3.05) is 0 Å². The van der Waals surface area contributed by atoms with Crippen LogP contribution in [-0.4, -0.2) is 5.11 Å². The molecule has 3 aromatic carbocycles. The van der Waals surface area contributed by atoms with Crippen LogP contribution in [0.15, 0.2) is 84.9 Å². The van der Waals surface area contributed by atoms with Crippen LogP contribution in [0.5, 0.6) is 0 Å². The molecule has 0 aliphatic rings. The lowest BCUT2D eigenvalue weighted by Crippen LogP contribution is -2.32. The second-order valence-electron chi connectivity index (χ2n) is 6.36. The maximum absolute atomic E-state index is 14.4. The van der Waals surface area contributed by atoms with E-state index >= 15 is 0 Å². The van der Waals surface area contributed by atoms with Gasteiger partial charge in [-0.25, -0.2) is 0 Å². The zero-order valence-electron chi connectivity index (χ0n) is 13.9. The lowest BCUT2D eigenvalue weighted by atomic mass is 9.99. The molecule has 3 aromatic rings.